The van der Waals surface area contributed by atoms with Gasteiger partial charge in [0.1, 0.15) is 0 Å². The molecule has 3 aromatic heterocycles. The van der Waals surface area contributed by atoms with Crippen molar-refractivity contribution < 1.29 is 0 Å². The Bertz CT molecular complexity index is 1430. The van der Waals surface area contributed by atoms with Gasteiger partial charge in [-0.2, -0.15) is 0 Å². The quantitative estimate of drug-likeness (QED) is 0.199. The minimum atomic E-state index is -0.0520. The lowest BCUT2D eigenvalue weighted by atomic mass is 10.0. The van der Waals surface area contributed by atoms with Crippen LogP contribution in [0.15, 0.2) is 97.3 Å². The fraction of sp³-hybridized carbons (Fsp3) is 0.179. The van der Waals surface area contributed by atoms with E-state index < -0.39 is 0 Å². The van der Waals surface area contributed by atoms with Crippen molar-refractivity contribution in [1.82, 2.24) is 24.8 Å². The van der Waals surface area contributed by atoms with Crippen LogP contribution in [0, 0.1) is 0 Å². The smallest absolute Gasteiger partial charge is 0.194 e. The summed E-state index contributed by atoms with van der Waals surface area (Å²) < 4.78 is 3.38. The summed E-state index contributed by atoms with van der Waals surface area (Å²) in [5.74, 6) is 0. The van der Waals surface area contributed by atoms with Crippen molar-refractivity contribution in [3.63, 3.8) is 0 Å². The number of fused-ring (bicyclic) bond motifs is 1. The lowest BCUT2D eigenvalue weighted by Gasteiger charge is -2.28. The molecular weight excluding hydrogens is 484 g/mol. The first-order valence-electron chi connectivity index (χ1n) is 12.1. The van der Waals surface area contributed by atoms with Crippen LogP contribution in [0.1, 0.15) is 29.9 Å². The molecule has 1 aliphatic heterocycles. The number of thiocarbonyl (C=S) groups is 1. The summed E-state index contributed by atoms with van der Waals surface area (Å²) >= 11 is 7.57. The van der Waals surface area contributed by atoms with Crippen LogP contribution >= 0.6 is 23.6 Å². The highest BCUT2D eigenvalue weighted by Gasteiger charge is 2.41. The zero-order chi connectivity index (χ0) is 24.3. The maximum absolute atomic E-state index is 5.87. The summed E-state index contributed by atoms with van der Waals surface area (Å²) in [5.41, 5.74) is 4.27. The second-order valence-corrected chi connectivity index (χ2v) is 10.1. The van der Waals surface area contributed by atoms with E-state index in [1.807, 2.05) is 42.6 Å². The molecule has 0 amide bonds. The summed E-state index contributed by atoms with van der Waals surface area (Å²) in [4.78, 5) is 11.9. The summed E-state index contributed by atoms with van der Waals surface area (Å²) in [7, 11) is 0. The summed E-state index contributed by atoms with van der Waals surface area (Å²) in [6.45, 7) is 1.69. The van der Waals surface area contributed by atoms with Gasteiger partial charge >= 0.3 is 0 Å². The summed E-state index contributed by atoms with van der Waals surface area (Å²) in [6.07, 6.45) is 4.89. The van der Waals surface area contributed by atoms with Gasteiger partial charge in [0, 0.05) is 31.2 Å². The molecule has 36 heavy (non-hydrogen) atoms. The second kappa shape index (κ2) is 10.1. The molecule has 6 rings (SSSR count). The van der Waals surface area contributed by atoms with E-state index in [2.05, 4.69) is 79.8 Å². The summed E-state index contributed by atoms with van der Waals surface area (Å²) in [6, 6.07) is 28.8. The van der Waals surface area contributed by atoms with E-state index in [1.165, 1.54) is 4.70 Å². The zero-order valence-corrected chi connectivity index (χ0v) is 21.3. The van der Waals surface area contributed by atoms with Crippen LogP contribution < -0.4 is 10.6 Å². The third kappa shape index (κ3) is 4.45. The Labute approximate surface area is 219 Å². The Balaban J connectivity index is 1.31. The molecule has 0 unspecified atom stereocenters. The molecule has 8 heteroatoms. The molecule has 180 valence electrons. The standard InChI is InChI=1S/C28H26N6S2/c35-27-32-25(22-13-6-7-16-30-22)26(34(27)19-9-17-29-20-10-2-1-3-11-20)23-14-8-18-33(23)28-31-21-12-4-5-15-24(21)36-28/h1-8,10-16,18,25-26,29H,9,17,19H2,(H,32,35)/t25-,26-/m1/s1. The molecule has 5 aromatic rings. The predicted molar refractivity (Wildman–Crippen MR) is 151 cm³/mol. The first-order valence-corrected chi connectivity index (χ1v) is 13.3. The molecular formula is C28H26N6S2. The van der Waals surface area contributed by atoms with Gasteiger partial charge in [0.2, 0.25) is 0 Å². The average Bonchev–Trinajstić information content (AvgIpc) is 3.64. The molecule has 1 aliphatic rings. The number of pyridine rings is 1. The Morgan fingerprint density at radius 1 is 0.944 bits per heavy atom. The van der Waals surface area contributed by atoms with Gasteiger partial charge in [0.25, 0.3) is 0 Å². The number of benzene rings is 2. The van der Waals surface area contributed by atoms with E-state index in [9.17, 15) is 0 Å². The number of hydrogen-bond donors (Lipinski definition) is 2. The molecule has 0 radical (unpaired) electrons. The first-order chi connectivity index (χ1) is 17.8. The third-order valence-corrected chi connectivity index (χ3v) is 7.84. The van der Waals surface area contributed by atoms with Crippen molar-refractivity contribution in [2.24, 2.45) is 0 Å². The predicted octanol–water partition coefficient (Wildman–Crippen LogP) is 5.96. The fourth-order valence-corrected chi connectivity index (χ4v) is 6.08. The molecule has 2 N–H and O–H groups in total. The Hall–Kier alpha value is -3.75. The van der Waals surface area contributed by atoms with E-state index in [0.29, 0.717) is 0 Å². The van der Waals surface area contributed by atoms with Crippen molar-refractivity contribution in [2.45, 2.75) is 18.5 Å². The number of thiazole rings is 1. The van der Waals surface area contributed by atoms with Gasteiger partial charge in [0.15, 0.2) is 10.2 Å². The molecule has 2 atom stereocenters. The summed E-state index contributed by atoms with van der Waals surface area (Å²) in [5, 5.41) is 8.79. The van der Waals surface area contributed by atoms with Crippen LogP contribution in [0.5, 0.6) is 0 Å². The van der Waals surface area contributed by atoms with Gasteiger partial charge in [-0.1, -0.05) is 47.7 Å². The number of nitrogens with zero attached hydrogens (tertiary/aromatic N) is 4. The third-order valence-electron chi connectivity index (χ3n) is 6.45. The topological polar surface area (TPSA) is 58.0 Å². The van der Waals surface area contributed by atoms with Crippen LogP contribution in [0.2, 0.25) is 0 Å². The molecule has 1 saturated heterocycles. The minimum absolute atomic E-state index is 0.00821. The lowest BCUT2D eigenvalue weighted by molar-refractivity contribution is 0.307. The number of nitrogens with one attached hydrogen (secondary N) is 2. The molecule has 0 spiro atoms. The Morgan fingerprint density at radius 3 is 2.61 bits per heavy atom. The average molecular weight is 511 g/mol. The molecule has 0 bridgehead atoms. The number of aromatic nitrogens is 3. The molecule has 4 heterocycles. The Morgan fingerprint density at radius 2 is 1.78 bits per heavy atom. The second-order valence-electron chi connectivity index (χ2n) is 8.73. The van der Waals surface area contributed by atoms with Crippen molar-refractivity contribution in [1.29, 1.82) is 0 Å². The largest absolute Gasteiger partial charge is 0.385 e. The maximum atomic E-state index is 5.87. The monoisotopic (exact) mass is 510 g/mol. The van der Waals surface area contributed by atoms with E-state index in [1.54, 1.807) is 11.3 Å². The number of para-hydroxylation sites is 2. The van der Waals surface area contributed by atoms with Crippen LogP contribution in [-0.2, 0) is 0 Å². The van der Waals surface area contributed by atoms with Crippen molar-refractivity contribution in [3.8, 4) is 5.13 Å². The van der Waals surface area contributed by atoms with Crippen LogP contribution in [0.4, 0.5) is 5.69 Å². The van der Waals surface area contributed by atoms with E-state index in [0.717, 1.165) is 52.3 Å². The van der Waals surface area contributed by atoms with Crippen molar-refractivity contribution in [3.05, 3.63) is 109 Å². The number of rotatable bonds is 8. The first kappa shape index (κ1) is 22.7. The molecule has 0 saturated carbocycles. The molecule has 6 nitrogen and oxygen atoms in total. The molecule has 2 aromatic carbocycles. The van der Waals surface area contributed by atoms with Gasteiger partial charge in [0.05, 0.1) is 33.7 Å². The van der Waals surface area contributed by atoms with Gasteiger partial charge in [-0.25, -0.2) is 4.98 Å². The van der Waals surface area contributed by atoms with Crippen LogP contribution in [-0.4, -0.2) is 37.6 Å². The van der Waals surface area contributed by atoms with Crippen molar-refractivity contribution in [2.75, 3.05) is 18.4 Å². The van der Waals surface area contributed by atoms with Gasteiger partial charge in [-0.15, -0.1) is 0 Å². The Kier molecular flexibility index (Phi) is 6.36. The fourth-order valence-electron chi connectivity index (χ4n) is 4.78. The lowest BCUT2D eigenvalue weighted by Crippen LogP contribution is -2.32. The van der Waals surface area contributed by atoms with Crippen LogP contribution in [0.3, 0.4) is 0 Å². The van der Waals surface area contributed by atoms with E-state index in [-0.39, 0.29) is 12.1 Å². The van der Waals surface area contributed by atoms with Crippen LogP contribution in [0.25, 0.3) is 15.3 Å². The normalized spacial score (nSPS) is 17.4. The zero-order valence-electron chi connectivity index (χ0n) is 19.6. The van der Waals surface area contributed by atoms with Gasteiger partial charge in [-0.3, -0.25) is 9.55 Å². The number of anilines is 1. The molecule has 0 aliphatic carbocycles. The van der Waals surface area contributed by atoms with Gasteiger partial charge in [-0.05, 0) is 67.2 Å². The molecule has 1 fully saturated rings. The highest BCUT2D eigenvalue weighted by molar-refractivity contribution is 7.80. The van der Waals surface area contributed by atoms with E-state index in [4.69, 9.17) is 17.2 Å². The van der Waals surface area contributed by atoms with Crippen molar-refractivity contribution >= 4 is 44.6 Å². The van der Waals surface area contributed by atoms with Gasteiger partial charge < -0.3 is 15.5 Å². The number of hydrogen-bond acceptors (Lipinski definition) is 5. The van der Waals surface area contributed by atoms with E-state index >= 15 is 0 Å². The maximum Gasteiger partial charge on any atom is 0.194 e. The highest BCUT2D eigenvalue weighted by atomic mass is 32.1. The highest BCUT2D eigenvalue weighted by Crippen LogP contribution is 2.40. The SMILES string of the molecule is S=C1N[C@H](c2ccccn2)[C@@H](c2cccn2-c2nc3ccccc3s2)N1CCCNc1ccccc1. The minimum Gasteiger partial charge on any atom is -0.385 e.